The molecule has 6 nitrogen and oxygen atoms in total. The summed E-state index contributed by atoms with van der Waals surface area (Å²) in [6.45, 7) is 0.942. The summed E-state index contributed by atoms with van der Waals surface area (Å²) in [6.07, 6.45) is 9.25. The van der Waals surface area contributed by atoms with E-state index in [2.05, 4.69) is 24.8 Å². The summed E-state index contributed by atoms with van der Waals surface area (Å²) in [7, 11) is 0. The van der Waals surface area contributed by atoms with Gasteiger partial charge in [0, 0.05) is 31.3 Å². The van der Waals surface area contributed by atoms with E-state index in [-0.39, 0.29) is 6.04 Å². The van der Waals surface area contributed by atoms with Gasteiger partial charge < -0.3 is 4.90 Å². The molecule has 1 fully saturated rings. The van der Waals surface area contributed by atoms with Crippen LogP contribution in [0.5, 0.6) is 0 Å². The van der Waals surface area contributed by atoms with Crippen molar-refractivity contribution < 1.29 is 0 Å². The van der Waals surface area contributed by atoms with Crippen LogP contribution < -0.4 is 4.90 Å². The second-order valence-corrected chi connectivity index (χ2v) is 5.42. The van der Waals surface area contributed by atoms with Crippen molar-refractivity contribution in [2.75, 3.05) is 11.4 Å². The van der Waals surface area contributed by atoms with Crippen LogP contribution in [0.15, 0.2) is 55.1 Å². The minimum atomic E-state index is 0.183. The predicted molar refractivity (Wildman–Crippen MR) is 86.6 cm³/mol. The summed E-state index contributed by atoms with van der Waals surface area (Å²) in [5.74, 6) is 1.41. The lowest BCUT2D eigenvalue weighted by atomic mass is 10.1. The molecular formula is C17H16N6. The van der Waals surface area contributed by atoms with Crippen molar-refractivity contribution in [2.24, 2.45) is 0 Å². The number of hydrogen-bond donors (Lipinski definition) is 0. The molecule has 1 unspecified atom stereocenters. The Balaban J connectivity index is 1.68. The second kappa shape index (κ2) is 6.08. The molecule has 0 aromatic carbocycles. The van der Waals surface area contributed by atoms with Crippen LogP contribution in [0.25, 0.3) is 11.5 Å². The molecule has 23 heavy (non-hydrogen) atoms. The zero-order chi connectivity index (χ0) is 15.5. The first-order chi connectivity index (χ1) is 11.4. The third-order valence-corrected chi connectivity index (χ3v) is 3.97. The van der Waals surface area contributed by atoms with Crippen LogP contribution >= 0.6 is 0 Å². The number of aromatic nitrogens is 5. The van der Waals surface area contributed by atoms with Crippen LogP contribution in [-0.4, -0.2) is 31.5 Å². The molecule has 4 heterocycles. The summed E-state index contributed by atoms with van der Waals surface area (Å²) in [6, 6.07) is 9.74. The average molecular weight is 304 g/mol. The average Bonchev–Trinajstić information content (AvgIpc) is 3.13. The highest BCUT2D eigenvalue weighted by molar-refractivity contribution is 5.48. The van der Waals surface area contributed by atoms with Crippen molar-refractivity contribution in [3.05, 3.63) is 60.8 Å². The minimum absolute atomic E-state index is 0.183. The smallest absolute Gasteiger partial charge is 0.225 e. The van der Waals surface area contributed by atoms with Crippen LogP contribution in [0.1, 0.15) is 24.6 Å². The normalized spacial score (nSPS) is 17.4. The first-order valence-electron chi connectivity index (χ1n) is 7.70. The highest BCUT2D eigenvalue weighted by Crippen LogP contribution is 2.33. The van der Waals surface area contributed by atoms with E-state index in [0.29, 0.717) is 5.82 Å². The van der Waals surface area contributed by atoms with E-state index in [0.717, 1.165) is 36.7 Å². The van der Waals surface area contributed by atoms with Gasteiger partial charge in [-0.2, -0.15) is 0 Å². The lowest BCUT2D eigenvalue weighted by Gasteiger charge is -2.24. The zero-order valence-corrected chi connectivity index (χ0v) is 12.6. The van der Waals surface area contributed by atoms with Gasteiger partial charge in [-0.25, -0.2) is 19.9 Å². The monoisotopic (exact) mass is 304 g/mol. The van der Waals surface area contributed by atoms with Gasteiger partial charge in [0.15, 0.2) is 5.82 Å². The van der Waals surface area contributed by atoms with Crippen molar-refractivity contribution in [1.29, 1.82) is 0 Å². The lowest BCUT2D eigenvalue weighted by Crippen LogP contribution is -2.25. The molecule has 6 heteroatoms. The maximum Gasteiger partial charge on any atom is 0.225 e. The van der Waals surface area contributed by atoms with E-state index in [1.54, 1.807) is 24.8 Å². The third-order valence-electron chi connectivity index (χ3n) is 3.97. The maximum atomic E-state index is 4.73. The molecule has 3 aromatic rings. The van der Waals surface area contributed by atoms with Crippen LogP contribution in [-0.2, 0) is 0 Å². The Labute approximate surface area is 134 Å². The molecule has 1 saturated heterocycles. The van der Waals surface area contributed by atoms with E-state index in [1.807, 2.05) is 30.3 Å². The maximum absolute atomic E-state index is 4.73. The summed E-state index contributed by atoms with van der Waals surface area (Å²) >= 11 is 0. The molecule has 0 saturated carbocycles. The molecule has 114 valence electrons. The minimum Gasteiger partial charge on any atom is -0.332 e. The molecule has 1 aliphatic heterocycles. The van der Waals surface area contributed by atoms with Crippen molar-refractivity contribution in [3.8, 4) is 11.5 Å². The van der Waals surface area contributed by atoms with Crippen LogP contribution in [0.2, 0.25) is 0 Å². The Morgan fingerprint density at radius 2 is 1.74 bits per heavy atom. The number of nitrogens with zero attached hydrogens (tertiary/aromatic N) is 6. The molecule has 0 radical (unpaired) electrons. The van der Waals surface area contributed by atoms with E-state index in [1.165, 1.54) is 0 Å². The van der Waals surface area contributed by atoms with E-state index in [4.69, 9.17) is 4.98 Å². The van der Waals surface area contributed by atoms with E-state index >= 15 is 0 Å². The van der Waals surface area contributed by atoms with Crippen molar-refractivity contribution in [2.45, 2.75) is 18.9 Å². The highest BCUT2D eigenvalue weighted by atomic mass is 15.3. The Morgan fingerprint density at radius 1 is 0.870 bits per heavy atom. The molecule has 4 rings (SSSR count). The molecule has 3 aromatic heterocycles. The topological polar surface area (TPSA) is 67.7 Å². The Bertz CT molecular complexity index is 777. The highest BCUT2D eigenvalue weighted by Gasteiger charge is 2.29. The van der Waals surface area contributed by atoms with Crippen LogP contribution in [0.4, 0.5) is 5.95 Å². The predicted octanol–water partition coefficient (Wildman–Crippen LogP) is 2.67. The van der Waals surface area contributed by atoms with E-state index < -0.39 is 0 Å². The quantitative estimate of drug-likeness (QED) is 0.741. The van der Waals surface area contributed by atoms with Gasteiger partial charge in [-0.3, -0.25) is 4.98 Å². The second-order valence-electron chi connectivity index (χ2n) is 5.42. The summed E-state index contributed by atoms with van der Waals surface area (Å²) < 4.78 is 0. The van der Waals surface area contributed by atoms with Gasteiger partial charge in [-0.05, 0) is 37.1 Å². The van der Waals surface area contributed by atoms with Gasteiger partial charge in [-0.1, -0.05) is 6.07 Å². The van der Waals surface area contributed by atoms with Crippen molar-refractivity contribution >= 4 is 5.95 Å². The van der Waals surface area contributed by atoms with Gasteiger partial charge in [0.1, 0.15) is 5.69 Å². The summed E-state index contributed by atoms with van der Waals surface area (Å²) in [4.78, 5) is 24.4. The fourth-order valence-corrected chi connectivity index (χ4v) is 2.93. The molecular weight excluding hydrogens is 288 g/mol. The van der Waals surface area contributed by atoms with Crippen LogP contribution in [0, 0.1) is 0 Å². The van der Waals surface area contributed by atoms with Gasteiger partial charge in [-0.15, -0.1) is 0 Å². The number of anilines is 1. The Hall–Kier alpha value is -2.89. The van der Waals surface area contributed by atoms with Crippen molar-refractivity contribution in [3.63, 3.8) is 0 Å². The molecule has 0 N–H and O–H groups in total. The fourth-order valence-electron chi connectivity index (χ4n) is 2.93. The van der Waals surface area contributed by atoms with Gasteiger partial charge in [0.25, 0.3) is 0 Å². The first-order valence-corrected chi connectivity index (χ1v) is 7.70. The SMILES string of the molecule is c1ccc(-c2nccc(C3CCCN3c3ncccn3)n2)nc1. The lowest BCUT2D eigenvalue weighted by molar-refractivity contribution is 0.677. The standard InChI is InChI=1S/C17H16N6/c1-2-8-18-14(5-1)16-19-11-7-13(22-16)15-6-3-12-23(15)17-20-9-4-10-21-17/h1-2,4-5,7-11,15H,3,6,12H2. The molecule has 0 bridgehead atoms. The van der Waals surface area contributed by atoms with Crippen molar-refractivity contribution in [1.82, 2.24) is 24.9 Å². The molecule has 0 aliphatic carbocycles. The largest absolute Gasteiger partial charge is 0.332 e. The zero-order valence-electron chi connectivity index (χ0n) is 12.6. The van der Waals surface area contributed by atoms with Gasteiger partial charge in [0.05, 0.1) is 11.7 Å². The Kier molecular flexibility index (Phi) is 3.63. The summed E-state index contributed by atoms with van der Waals surface area (Å²) in [5.41, 5.74) is 1.78. The molecule has 1 atom stereocenters. The number of rotatable bonds is 3. The third kappa shape index (κ3) is 2.75. The first kappa shape index (κ1) is 13.8. The fraction of sp³-hybridized carbons (Fsp3) is 0.235. The van der Waals surface area contributed by atoms with Crippen LogP contribution in [0.3, 0.4) is 0 Å². The summed E-state index contributed by atoms with van der Waals surface area (Å²) in [5, 5.41) is 0. The van der Waals surface area contributed by atoms with E-state index in [9.17, 15) is 0 Å². The molecule has 1 aliphatic rings. The van der Waals surface area contributed by atoms with Gasteiger partial charge >= 0.3 is 0 Å². The van der Waals surface area contributed by atoms with Gasteiger partial charge in [0.2, 0.25) is 5.95 Å². The number of hydrogen-bond acceptors (Lipinski definition) is 6. The molecule has 0 spiro atoms. The Morgan fingerprint density at radius 3 is 2.57 bits per heavy atom. The molecule has 0 amide bonds. The number of pyridine rings is 1.